The molecular weight excluding hydrogens is 269 g/mol. The molecular formula is C12H8ClF3O2. The van der Waals surface area contributed by atoms with Crippen molar-refractivity contribution < 1.29 is 22.7 Å². The molecule has 0 bridgehead atoms. The summed E-state index contributed by atoms with van der Waals surface area (Å²) in [5.74, 6) is 4.31. The highest BCUT2D eigenvalue weighted by Crippen LogP contribution is 2.34. The van der Waals surface area contributed by atoms with E-state index in [2.05, 4.69) is 16.6 Å². The highest BCUT2D eigenvalue weighted by atomic mass is 35.5. The fourth-order valence-corrected chi connectivity index (χ4v) is 1.34. The molecule has 0 saturated carbocycles. The van der Waals surface area contributed by atoms with Crippen LogP contribution in [-0.4, -0.2) is 13.1 Å². The number of alkyl halides is 3. The monoisotopic (exact) mass is 276 g/mol. The Labute approximate surface area is 107 Å². The van der Waals surface area contributed by atoms with Crippen LogP contribution in [0.5, 0.6) is 0 Å². The highest BCUT2D eigenvalue weighted by Gasteiger charge is 2.33. The molecule has 0 spiro atoms. The Kier molecular flexibility index (Phi) is 4.62. The molecule has 1 aromatic carbocycles. The van der Waals surface area contributed by atoms with E-state index in [9.17, 15) is 18.0 Å². The molecule has 18 heavy (non-hydrogen) atoms. The summed E-state index contributed by atoms with van der Waals surface area (Å²) in [5.41, 5.74) is -0.815. The van der Waals surface area contributed by atoms with Gasteiger partial charge in [-0.3, -0.25) is 4.79 Å². The van der Waals surface area contributed by atoms with Crippen LogP contribution in [0.15, 0.2) is 18.2 Å². The van der Waals surface area contributed by atoms with Crippen molar-refractivity contribution in [3.05, 3.63) is 34.3 Å². The lowest BCUT2D eigenvalue weighted by atomic mass is 10.1. The predicted octanol–water partition coefficient (Wildman–Crippen LogP) is 3.27. The molecule has 1 aromatic rings. The maximum atomic E-state index is 12.5. The maximum Gasteiger partial charge on any atom is 0.417 e. The topological polar surface area (TPSA) is 26.3 Å². The van der Waals surface area contributed by atoms with E-state index in [4.69, 9.17) is 11.6 Å². The number of rotatable bonds is 1. The molecule has 0 heterocycles. The minimum Gasteiger partial charge on any atom is -0.468 e. The van der Waals surface area contributed by atoms with E-state index in [-0.39, 0.29) is 17.0 Å². The second kappa shape index (κ2) is 5.78. The molecule has 0 aliphatic carbocycles. The van der Waals surface area contributed by atoms with Crippen LogP contribution in [-0.2, 0) is 15.7 Å². The summed E-state index contributed by atoms with van der Waals surface area (Å²) in [6, 6.07) is 3.31. The van der Waals surface area contributed by atoms with Crippen molar-refractivity contribution in [3.63, 3.8) is 0 Å². The predicted molar refractivity (Wildman–Crippen MR) is 60.0 cm³/mol. The molecule has 0 unspecified atom stereocenters. The third-order valence-corrected chi connectivity index (χ3v) is 2.29. The van der Waals surface area contributed by atoms with Gasteiger partial charge in [-0.15, -0.1) is 0 Å². The first kappa shape index (κ1) is 14.4. The zero-order valence-corrected chi connectivity index (χ0v) is 10.0. The molecule has 0 N–H and O–H groups in total. The standard InChI is InChI=1S/C12H8ClF3O2/c1-18-11(17)4-2-3-8-5-6-10(13)9(7-8)12(14,15)16/h5-7H,4H2,1H3. The van der Waals surface area contributed by atoms with E-state index in [0.717, 1.165) is 12.1 Å². The third kappa shape index (κ3) is 3.97. The first-order valence-electron chi connectivity index (χ1n) is 4.77. The van der Waals surface area contributed by atoms with Gasteiger partial charge in [0.15, 0.2) is 0 Å². The quantitative estimate of drug-likeness (QED) is 0.581. The maximum absolute atomic E-state index is 12.5. The third-order valence-electron chi connectivity index (χ3n) is 1.96. The van der Waals surface area contributed by atoms with E-state index in [1.165, 1.54) is 13.2 Å². The number of methoxy groups -OCH3 is 1. The zero-order chi connectivity index (χ0) is 13.8. The summed E-state index contributed by atoms with van der Waals surface area (Å²) in [4.78, 5) is 10.8. The summed E-state index contributed by atoms with van der Waals surface area (Å²) in [6.45, 7) is 0. The molecule has 0 aromatic heterocycles. The van der Waals surface area contributed by atoms with Gasteiger partial charge in [0.25, 0.3) is 0 Å². The van der Waals surface area contributed by atoms with Crippen molar-refractivity contribution in [2.24, 2.45) is 0 Å². The van der Waals surface area contributed by atoms with Crippen LogP contribution in [0.25, 0.3) is 0 Å². The summed E-state index contributed by atoms with van der Waals surface area (Å²) in [5, 5.41) is -0.388. The van der Waals surface area contributed by atoms with Crippen molar-refractivity contribution >= 4 is 17.6 Å². The minimum absolute atomic E-state index is 0.135. The molecule has 0 aliphatic heterocycles. The SMILES string of the molecule is COC(=O)CC#Cc1ccc(Cl)c(C(F)(F)F)c1. The molecule has 0 amide bonds. The van der Waals surface area contributed by atoms with Gasteiger partial charge < -0.3 is 4.74 Å². The molecule has 2 nitrogen and oxygen atoms in total. The molecule has 0 atom stereocenters. The Morgan fingerprint density at radius 3 is 2.67 bits per heavy atom. The molecule has 96 valence electrons. The fourth-order valence-electron chi connectivity index (χ4n) is 1.11. The van der Waals surface area contributed by atoms with E-state index >= 15 is 0 Å². The average molecular weight is 277 g/mol. The van der Waals surface area contributed by atoms with Crippen LogP contribution in [0.3, 0.4) is 0 Å². The number of carbonyl (C=O) groups is 1. The zero-order valence-electron chi connectivity index (χ0n) is 9.27. The van der Waals surface area contributed by atoms with Crippen molar-refractivity contribution in [2.45, 2.75) is 12.6 Å². The van der Waals surface area contributed by atoms with Crippen LogP contribution < -0.4 is 0 Å². The van der Waals surface area contributed by atoms with Crippen LogP contribution >= 0.6 is 11.6 Å². The van der Waals surface area contributed by atoms with E-state index < -0.39 is 17.7 Å². The van der Waals surface area contributed by atoms with Crippen LogP contribution in [0.2, 0.25) is 5.02 Å². The molecule has 0 aliphatic rings. The number of hydrogen-bond acceptors (Lipinski definition) is 2. The Balaban J connectivity index is 2.96. The Hall–Kier alpha value is -1.67. The summed E-state index contributed by atoms with van der Waals surface area (Å²) < 4.78 is 41.9. The van der Waals surface area contributed by atoms with E-state index in [1.54, 1.807) is 0 Å². The number of esters is 1. The number of hydrogen-bond donors (Lipinski definition) is 0. The average Bonchev–Trinajstić information content (AvgIpc) is 2.29. The van der Waals surface area contributed by atoms with Gasteiger partial charge in [0, 0.05) is 5.56 Å². The number of ether oxygens (including phenoxy) is 1. The first-order valence-corrected chi connectivity index (χ1v) is 5.15. The summed E-state index contributed by atoms with van der Waals surface area (Å²) in [6.07, 6.45) is -4.71. The second-order valence-corrected chi connectivity index (χ2v) is 3.65. The Bertz CT molecular complexity index is 512. The van der Waals surface area contributed by atoms with Gasteiger partial charge in [0.1, 0.15) is 6.42 Å². The molecule has 0 radical (unpaired) electrons. The van der Waals surface area contributed by atoms with E-state index in [0.29, 0.717) is 0 Å². The molecule has 0 saturated heterocycles. The second-order valence-electron chi connectivity index (χ2n) is 3.25. The molecule has 6 heteroatoms. The van der Waals surface area contributed by atoms with Gasteiger partial charge in [0.2, 0.25) is 0 Å². The lowest BCUT2D eigenvalue weighted by Gasteiger charge is -2.08. The highest BCUT2D eigenvalue weighted by molar-refractivity contribution is 6.31. The van der Waals surface area contributed by atoms with Gasteiger partial charge in [-0.1, -0.05) is 23.4 Å². The normalized spacial score (nSPS) is 10.5. The number of carbonyl (C=O) groups excluding carboxylic acids is 1. The fraction of sp³-hybridized carbons (Fsp3) is 0.250. The summed E-state index contributed by atoms with van der Waals surface area (Å²) >= 11 is 5.45. The minimum atomic E-state index is -4.53. The van der Waals surface area contributed by atoms with Crippen molar-refractivity contribution in [2.75, 3.05) is 7.11 Å². The van der Waals surface area contributed by atoms with Crippen LogP contribution in [0.4, 0.5) is 13.2 Å². The largest absolute Gasteiger partial charge is 0.468 e. The van der Waals surface area contributed by atoms with Crippen molar-refractivity contribution in [3.8, 4) is 11.8 Å². The van der Waals surface area contributed by atoms with Crippen molar-refractivity contribution in [1.29, 1.82) is 0 Å². The number of halogens is 4. The van der Waals surface area contributed by atoms with Gasteiger partial charge in [-0.2, -0.15) is 13.2 Å². The van der Waals surface area contributed by atoms with Crippen molar-refractivity contribution in [1.82, 2.24) is 0 Å². The number of benzene rings is 1. The van der Waals surface area contributed by atoms with Crippen LogP contribution in [0.1, 0.15) is 17.5 Å². The summed E-state index contributed by atoms with van der Waals surface area (Å²) in [7, 11) is 1.20. The lowest BCUT2D eigenvalue weighted by molar-refractivity contribution is -0.139. The Morgan fingerprint density at radius 1 is 1.44 bits per heavy atom. The lowest BCUT2D eigenvalue weighted by Crippen LogP contribution is -2.06. The van der Waals surface area contributed by atoms with Gasteiger partial charge >= 0.3 is 12.1 Å². The molecule has 0 fully saturated rings. The van der Waals surface area contributed by atoms with Gasteiger partial charge in [-0.05, 0) is 18.2 Å². The van der Waals surface area contributed by atoms with Gasteiger partial charge in [-0.25, -0.2) is 0 Å². The molecule has 1 rings (SSSR count). The van der Waals surface area contributed by atoms with E-state index in [1.807, 2.05) is 0 Å². The smallest absolute Gasteiger partial charge is 0.417 e. The van der Waals surface area contributed by atoms with Gasteiger partial charge in [0.05, 0.1) is 17.7 Å². The van der Waals surface area contributed by atoms with Crippen LogP contribution in [0, 0.1) is 11.8 Å². The first-order chi connectivity index (χ1) is 8.34. The Morgan fingerprint density at radius 2 is 2.11 bits per heavy atom.